The molecule has 0 radical (unpaired) electrons. The zero-order valence-electron chi connectivity index (χ0n) is 11.1. The number of benzene rings is 1. The lowest BCUT2D eigenvalue weighted by atomic mass is 9.78. The first kappa shape index (κ1) is 13.5. The number of aromatic nitrogens is 1. The van der Waals surface area contributed by atoms with Gasteiger partial charge >= 0.3 is 0 Å². The molecule has 0 spiro atoms. The number of halogens is 2. The largest absolute Gasteiger partial charge is 0.390 e. The summed E-state index contributed by atoms with van der Waals surface area (Å²) >= 11 is 9.78. The van der Waals surface area contributed by atoms with Gasteiger partial charge in [0.15, 0.2) is 0 Å². The molecule has 1 aliphatic rings. The number of rotatable bonds is 1. The fourth-order valence-corrected chi connectivity index (χ4v) is 3.80. The van der Waals surface area contributed by atoms with Crippen LogP contribution < -0.4 is 0 Å². The highest BCUT2D eigenvalue weighted by atomic mass is 79.9. The Balaban J connectivity index is 2.11. The van der Waals surface area contributed by atoms with E-state index < -0.39 is 5.60 Å². The molecule has 0 saturated heterocycles. The maximum Gasteiger partial charge on any atom is 0.0623 e. The number of nitrogens with one attached hydrogen (secondary N) is 1. The first-order chi connectivity index (χ1) is 8.88. The van der Waals surface area contributed by atoms with Crippen molar-refractivity contribution < 1.29 is 5.11 Å². The number of H-pyrrole nitrogens is 1. The molecule has 0 fully saturated rings. The van der Waals surface area contributed by atoms with E-state index >= 15 is 0 Å². The quantitative estimate of drug-likeness (QED) is 0.788. The minimum absolute atomic E-state index is 0.308. The van der Waals surface area contributed by atoms with Gasteiger partial charge in [0.1, 0.15) is 0 Å². The second-order valence-electron chi connectivity index (χ2n) is 5.96. The lowest BCUT2D eigenvalue weighted by Gasteiger charge is -2.32. The summed E-state index contributed by atoms with van der Waals surface area (Å²) < 4.78 is 0.978. The van der Waals surface area contributed by atoms with E-state index in [1.54, 1.807) is 0 Å². The molecule has 1 unspecified atom stereocenters. The van der Waals surface area contributed by atoms with Crippen LogP contribution in [0.2, 0.25) is 5.02 Å². The molecule has 1 heterocycles. The van der Waals surface area contributed by atoms with E-state index in [9.17, 15) is 5.11 Å². The number of fused-ring (bicyclic) bond motifs is 3. The van der Waals surface area contributed by atoms with Crippen LogP contribution in [0.5, 0.6) is 0 Å². The average molecular weight is 343 g/mol. The van der Waals surface area contributed by atoms with Gasteiger partial charge in [-0.25, -0.2) is 0 Å². The van der Waals surface area contributed by atoms with Gasteiger partial charge in [-0.15, -0.1) is 0 Å². The second-order valence-corrected chi connectivity index (χ2v) is 7.16. The maximum absolute atomic E-state index is 10.2. The summed E-state index contributed by atoms with van der Waals surface area (Å²) in [7, 11) is 0. The maximum atomic E-state index is 10.2. The Morgan fingerprint density at radius 2 is 2.16 bits per heavy atom. The van der Waals surface area contributed by atoms with Crippen molar-refractivity contribution in [2.24, 2.45) is 5.92 Å². The molecule has 1 aliphatic carbocycles. The van der Waals surface area contributed by atoms with E-state index in [4.69, 9.17) is 11.6 Å². The number of hydrogen-bond donors (Lipinski definition) is 2. The molecule has 1 atom stereocenters. The molecule has 1 aromatic heterocycles. The summed E-state index contributed by atoms with van der Waals surface area (Å²) in [6, 6.07) is 3.93. The van der Waals surface area contributed by atoms with Crippen molar-refractivity contribution in [1.82, 2.24) is 4.98 Å². The molecule has 2 aromatic rings. The molecule has 0 aliphatic heterocycles. The van der Waals surface area contributed by atoms with Crippen molar-refractivity contribution in [2.45, 2.75) is 38.7 Å². The van der Waals surface area contributed by atoms with Gasteiger partial charge in [0.2, 0.25) is 0 Å². The van der Waals surface area contributed by atoms with Crippen LogP contribution in [0.15, 0.2) is 16.6 Å². The van der Waals surface area contributed by atoms with E-state index in [2.05, 4.69) is 20.9 Å². The van der Waals surface area contributed by atoms with Crippen molar-refractivity contribution in [2.75, 3.05) is 0 Å². The lowest BCUT2D eigenvalue weighted by Crippen LogP contribution is -2.34. The Kier molecular flexibility index (Phi) is 3.19. The summed E-state index contributed by atoms with van der Waals surface area (Å²) in [4.78, 5) is 3.49. The van der Waals surface area contributed by atoms with Crippen LogP contribution in [0.1, 0.15) is 31.5 Å². The van der Waals surface area contributed by atoms with E-state index in [0.29, 0.717) is 5.92 Å². The van der Waals surface area contributed by atoms with Crippen LogP contribution in [0.4, 0.5) is 0 Å². The summed E-state index contributed by atoms with van der Waals surface area (Å²) in [6.07, 6.45) is 2.91. The molecule has 0 saturated carbocycles. The number of aromatic amines is 1. The van der Waals surface area contributed by atoms with Crippen molar-refractivity contribution in [3.8, 4) is 0 Å². The molecule has 102 valence electrons. The van der Waals surface area contributed by atoms with Crippen LogP contribution in [-0.2, 0) is 12.8 Å². The van der Waals surface area contributed by atoms with E-state index in [1.165, 1.54) is 16.6 Å². The van der Waals surface area contributed by atoms with Crippen molar-refractivity contribution in [3.63, 3.8) is 0 Å². The predicted octanol–water partition coefficient (Wildman–Crippen LogP) is 4.46. The standard InChI is InChI=1S/C15H17BrClNO/c1-15(2,19)8-3-4-9-12(7-8)18-11-6-5-10(17)14(16)13(9)11/h5-6,8,18-19H,3-4,7H2,1-2H3. The summed E-state index contributed by atoms with van der Waals surface area (Å²) in [5.41, 5.74) is 3.10. The Hall–Kier alpha value is -0.510. The highest BCUT2D eigenvalue weighted by Crippen LogP contribution is 2.40. The third kappa shape index (κ3) is 2.22. The topological polar surface area (TPSA) is 36.0 Å². The molecule has 4 heteroatoms. The molecule has 0 bridgehead atoms. The van der Waals surface area contributed by atoms with Crippen LogP contribution in [0, 0.1) is 5.92 Å². The van der Waals surface area contributed by atoms with Crippen LogP contribution in [-0.4, -0.2) is 15.7 Å². The molecule has 3 rings (SSSR count). The first-order valence-corrected chi connectivity index (χ1v) is 7.75. The third-order valence-electron chi connectivity index (χ3n) is 4.24. The Morgan fingerprint density at radius 1 is 1.42 bits per heavy atom. The first-order valence-electron chi connectivity index (χ1n) is 6.57. The smallest absolute Gasteiger partial charge is 0.0623 e. The number of hydrogen-bond acceptors (Lipinski definition) is 1. The minimum atomic E-state index is -0.621. The van der Waals surface area contributed by atoms with Gasteiger partial charge in [-0.3, -0.25) is 0 Å². The van der Waals surface area contributed by atoms with Crippen LogP contribution in [0.25, 0.3) is 10.9 Å². The molecular formula is C15H17BrClNO. The highest BCUT2D eigenvalue weighted by molar-refractivity contribution is 9.10. The van der Waals surface area contributed by atoms with Gasteiger partial charge in [-0.05, 0) is 72.7 Å². The summed E-state index contributed by atoms with van der Waals surface area (Å²) in [5, 5.41) is 12.2. The minimum Gasteiger partial charge on any atom is -0.390 e. The third-order valence-corrected chi connectivity index (χ3v) is 5.61. The highest BCUT2D eigenvalue weighted by Gasteiger charge is 2.32. The monoisotopic (exact) mass is 341 g/mol. The molecule has 19 heavy (non-hydrogen) atoms. The number of aryl methyl sites for hydroxylation is 1. The van der Waals surface area contributed by atoms with Gasteiger partial charge in [0, 0.05) is 21.1 Å². The van der Waals surface area contributed by atoms with Gasteiger partial charge < -0.3 is 10.1 Å². The zero-order chi connectivity index (χ0) is 13.8. The molecule has 2 N–H and O–H groups in total. The molecule has 1 aromatic carbocycles. The van der Waals surface area contributed by atoms with Crippen molar-refractivity contribution in [3.05, 3.63) is 32.9 Å². The Labute approximate surface area is 126 Å². The van der Waals surface area contributed by atoms with E-state index in [-0.39, 0.29) is 0 Å². The molecule has 2 nitrogen and oxygen atoms in total. The normalized spacial score (nSPS) is 19.7. The van der Waals surface area contributed by atoms with Crippen molar-refractivity contribution >= 4 is 38.4 Å². The van der Waals surface area contributed by atoms with Gasteiger partial charge in [-0.1, -0.05) is 11.6 Å². The summed E-state index contributed by atoms with van der Waals surface area (Å²) in [6.45, 7) is 3.80. The Morgan fingerprint density at radius 3 is 2.84 bits per heavy atom. The number of aliphatic hydroxyl groups is 1. The Bertz CT molecular complexity index is 642. The molecule has 0 amide bonds. The van der Waals surface area contributed by atoms with Crippen LogP contribution in [0.3, 0.4) is 0 Å². The van der Waals surface area contributed by atoms with Gasteiger partial charge in [0.25, 0.3) is 0 Å². The zero-order valence-corrected chi connectivity index (χ0v) is 13.4. The predicted molar refractivity (Wildman–Crippen MR) is 82.8 cm³/mol. The van der Waals surface area contributed by atoms with Crippen LogP contribution >= 0.6 is 27.5 Å². The second kappa shape index (κ2) is 4.51. The molecular weight excluding hydrogens is 326 g/mol. The van der Waals surface area contributed by atoms with Gasteiger partial charge in [-0.2, -0.15) is 0 Å². The van der Waals surface area contributed by atoms with E-state index in [0.717, 1.165) is 34.3 Å². The average Bonchev–Trinajstić information content (AvgIpc) is 2.70. The van der Waals surface area contributed by atoms with Gasteiger partial charge in [0.05, 0.1) is 10.6 Å². The fraction of sp³-hybridized carbons (Fsp3) is 0.467. The lowest BCUT2D eigenvalue weighted by molar-refractivity contribution is 0.0107. The van der Waals surface area contributed by atoms with E-state index in [1.807, 2.05) is 26.0 Å². The SMILES string of the molecule is CC(C)(O)C1CCc2c([nH]c3ccc(Cl)c(Br)c23)C1. The fourth-order valence-electron chi connectivity index (χ4n) is 3.06. The summed E-state index contributed by atoms with van der Waals surface area (Å²) in [5.74, 6) is 0.308. The van der Waals surface area contributed by atoms with Crippen molar-refractivity contribution in [1.29, 1.82) is 0 Å².